The smallest absolute Gasteiger partial charge is 0.308 e. The van der Waals surface area contributed by atoms with Gasteiger partial charge in [-0.05, 0) is 6.07 Å². The van der Waals surface area contributed by atoms with Crippen LogP contribution < -0.4 is 4.74 Å². The van der Waals surface area contributed by atoms with Crippen molar-refractivity contribution in [3.63, 3.8) is 0 Å². The van der Waals surface area contributed by atoms with E-state index in [0.717, 1.165) is 0 Å². The Labute approximate surface area is 83.7 Å². The number of halogens is 1. The summed E-state index contributed by atoms with van der Waals surface area (Å²) in [4.78, 5) is 14.4. The van der Waals surface area contributed by atoms with Gasteiger partial charge in [-0.3, -0.25) is 4.79 Å². The van der Waals surface area contributed by atoms with Crippen molar-refractivity contribution in [2.24, 2.45) is 0 Å². The van der Waals surface area contributed by atoms with Crippen molar-refractivity contribution in [2.45, 2.75) is 6.42 Å². The molecule has 0 aliphatic rings. The zero-order chi connectivity index (χ0) is 9.84. The number of aromatic nitrogens is 1. The molecule has 0 saturated carbocycles. The van der Waals surface area contributed by atoms with Crippen molar-refractivity contribution in [3.05, 3.63) is 22.3 Å². The lowest BCUT2D eigenvalue weighted by atomic mass is 10.2. The van der Waals surface area contributed by atoms with Crippen molar-refractivity contribution < 1.29 is 14.6 Å². The molecule has 0 aliphatic heterocycles. The average Bonchev–Trinajstić information content (AvgIpc) is 2.08. The molecule has 1 heterocycles. The molecule has 0 spiro atoms. The van der Waals surface area contributed by atoms with E-state index in [9.17, 15) is 4.79 Å². The lowest BCUT2D eigenvalue weighted by Crippen LogP contribution is -2.04. The van der Waals surface area contributed by atoms with Crippen LogP contribution in [0.2, 0.25) is 0 Å². The Morgan fingerprint density at radius 3 is 3.00 bits per heavy atom. The average molecular weight is 246 g/mol. The van der Waals surface area contributed by atoms with Gasteiger partial charge in [0.1, 0.15) is 0 Å². The molecule has 0 radical (unpaired) electrons. The van der Waals surface area contributed by atoms with Gasteiger partial charge in [-0.1, -0.05) is 15.9 Å². The van der Waals surface area contributed by atoms with E-state index in [1.807, 2.05) is 0 Å². The maximum atomic E-state index is 10.5. The minimum absolute atomic E-state index is 0.0996. The number of aliphatic carboxylic acids is 1. The van der Waals surface area contributed by atoms with Crippen LogP contribution in [0.1, 0.15) is 5.56 Å². The summed E-state index contributed by atoms with van der Waals surface area (Å²) in [5.41, 5.74) is 0.553. The van der Waals surface area contributed by atoms with Gasteiger partial charge in [-0.25, -0.2) is 4.98 Å². The number of pyridine rings is 1. The lowest BCUT2D eigenvalue weighted by Gasteiger charge is -2.06. The van der Waals surface area contributed by atoms with Gasteiger partial charge in [0.15, 0.2) is 0 Å². The van der Waals surface area contributed by atoms with Crippen molar-refractivity contribution in [1.29, 1.82) is 0 Å². The zero-order valence-electron chi connectivity index (χ0n) is 6.95. The molecule has 1 aromatic heterocycles. The molecule has 70 valence electrons. The molecule has 5 heteroatoms. The van der Waals surface area contributed by atoms with Gasteiger partial charge >= 0.3 is 5.97 Å². The molecular weight excluding hydrogens is 238 g/mol. The molecule has 0 aromatic carbocycles. The number of carboxylic acids is 1. The molecule has 13 heavy (non-hydrogen) atoms. The first kappa shape index (κ1) is 9.98. The van der Waals surface area contributed by atoms with Crippen LogP contribution >= 0.6 is 15.9 Å². The first-order chi connectivity index (χ1) is 6.15. The van der Waals surface area contributed by atoms with E-state index in [1.54, 1.807) is 12.3 Å². The fraction of sp³-hybridized carbons (Fsp3) is 0.250. The molecule has 0 fully saturated rings. The SMILES string of the molecule is COc1nccc(Br)c1CC(=O)O. The van der Waals surface area contributed by atoms with Crippen LogP contribution in [0, 0.1) is 0 Å². The Morgan fingerprint density at radius 2 is 2.46 bits per heavy atom. The Morgan fingerprint density at radius 1 is 1.77 bits per heavy atom. The predicted molar refractivity (Wildman–Crippen MR) is 49.8 cm³/mol. The monoisotopic (exact) mass is 245 g/mol. The maximum Gasteiger partial charge on any atom is 0.308 e. The Kier molecular flexibility index (Phi) is 3.25. The van der Waals surface area contributed by atoms with Crippen LogP contribution in [-0.2, 0) is 11.2 Å². The van der Waals surface area contributed by atoms with E-state index in [-0.39, 0.29) is 6.42 Å². The molecular formula is C8H8BrNO3. The molecule has 0 bridgehead atoms. The first-order valence-corrected chi connectivity index (χ1v) is 4.33. The van der Waals surface area contributed by atoms with Crippen LogP contribution in [-0.4, -0.2) is 23.2 Å². The minimum atomic E-state index is -0.910. The largest absolute Gasteiger partial charge is 0.481 e. The molecule has 1 rings (SSSR count). The van der Waals surface area contributed by atoms with Crippen LogP contribution in [0.25, 0.3) is 0 Å². The number of methoxy groups -OCH3 is 1. The van der Waals surface area contributed by atoms with Gasteiger partial charge in [0.2, 0.25) is 5.88 Å². The second-order valence-electron chi connectivity index (χ2n) is 2.35. The van der Waals surface area contributed by atoms with E-state index in [4.69, 9.17) is 9.84 Å². The highest BCUT2D eigenvalue weighted by Crippen LogP contribution is 2.24. The first-order valence-electron chi connectivity index (χ1n) is 3.54. The topological polar surface area (TPSA) is 59.4 Å². The van der Waals surface area contributed by atoms with Crippen LogP contribution in [0.15, 0.2) is 16.7 Å². The predicted octanol–water partition coefficient (Wildman–Crippen LogP) is 1.48. The number of hydrogen-bond acceptors (Lipinski definition) is 3. The van der Waals surface area contributed by atoms with E-state index >= 15 is 0 Å². The van der Waals surface area contributed by atoms with Crippen molar-refractivity contribution in [1.82, 2.24) is 4.98 Å². The molecule has 0 amide bonds. The highest BCUT2D eigenvalue weighted by atomic mass is 79.9. The molecule has 0 unspecified atom stereocenters. The second-order valence-corrected chi connectivity index (χ2v) is 3.21. The number of rotatable bonds is 3. The zero-order valence-corrected chi connectivity index (χ0v) is 8.54. The summed E-state index contributed by atoms with van der Waals surface area (Å²) < 4.78 is 5.62. The third-order valence-electron chi connectivity index (χ3n) is 1.48. The Bertz CT molecular complexity index is 327. The summed E-state index contributed by atoms with van der Waals surface area (Å²) in [6.07, 6.45) is 1.45. The number of nitrogens with zero attached hydrogens (tertiary/aromatic N) is 1. The van der Waals surface area contributed by atoms with Crippen LogP contribution in [0.4, 0.5) is 0 Å². The lowest BCUT2D eigenvalue weighted by molar-refractivity contribution is -0.136. The highest BCUT2D eigenvalue weighted by molar-refractivity contribution is 9.10. The van der Waals surface area contributed by atoms with Gasteiger partial charge < -0.3 is 9.84 Å². The molecule has 4 nitrogen and oxygen atoms in total. The van der Waals surface area contributed by atoms with Crippen molar-refractivity contribution in [2.75, 3.05) is 7.11 Å². The minimum Gasteiger partial charge on any atom is -0.481 e. The highest BCUT2D eigenvalue weighted by Gasteiger charge is 2.11. The molecule has 0 aliphatic carbocycles. The third kappa shape index (κ3) is 2.42. The standard InChI is InChI=1S/C8H8BrNO3/c1-13-8-5(4-7(11)12)6(9)2-3-10-8/h2-3H,4H2,1H3,(H,11,12). The third-order valence-corrected chi connectivity index (χ3v) is 2.22. The second kappa shape index (κ2) is 4.23. The number of carboxylic acid groups (broad SMARTS) is 1. The van der Waals surface area contributed by atoms with Gasteiger partial charge in [-0.2, -0.15) is 0 Å². The van der Waals surface area contributed by atoms with E-state index in [2.05, 4.69) is 20.9 Å². The van der Waals surface area contributed by atoms with E-state index < -0.39 is 5.97 Å². The summed E-state index contributed by atoms with van der Waals surface area (Å²) >= 11 is 3.23. The summed E-state index contributed by atoms with van der Waals surface area (Å²) in [7, 11) is 1.46. The maximum absolute atomic E-state index is 10.5. The van der Waals surface area contributed by atoms with Crippen molar-refractivity contribution in [3.8, 4) is 5.88 Å². The molecule has 0 atom stereocenters. The van der Waals surface area contributed by atoms with Crippen LogP contribution in [0.5, 0.6) is 5.88 Å². The quantitative estimate of drug-likeness (QED) is 0.877. The Hall–Kier alpha value is -1.10. The molecule has 1 aromatic rings. The van der Waals surface area contributed by atoms with E-state index in [0.29, 0.717) is 15.9 Å². The number of ether oxygens (including phenoxy) is 1. The number of carbonyl (C=O) groups is 1. The summed E-state index contributed by atoms with van der Waals surface area (Å²) in [5, 5.41) is 8.61. The summed E-state index contributed by atoms with van der Waals surface area (Å²) in [6.45, 7) is 0. The van der Waals surface area contributed by atoms with Crippen LogP contribution in [0.3, 0.4) is 0 Å². The Balaban J connectivity index is 3.07. The summed E-state index contributed by atoms with van der Waals surface area (Å²) in [6, 6.07) is 1.68. The van der Waals surface area contributed by atoms with E-state index in [1.165, 1.54) is 7.11 Å². The van der Waals surface area contributed by atoms with Gasteiger partial charge in [0.25, 0.3) is 0 Å². The fourth-order valence-corrected chi connectivity index (χ4v) is 1.37. The van der Waals surface area contributed by atoms with Gasteiger partial charge in [0, 0.05) is 16.2 Å². The van der Waals surface area contributed by atoms with Crippen molar-refractivity contribution >= 4 is 21.9 Å². The van der Waals surface area contributed by atoms with Gasteiger partial charge in [0.05, 0.1) is 13.5 Å². The molecule has 0 saturated heterocycles. The normalized spacial score (nSPS) is 9.69. The summed E-state index contributed by atoms with van der Waals surface area (Å²) in [5.74, 6) is -0.566. The fourth-order valence-electron chi connectivity index (χ4n) is 0.938. The molecule has 1 N–H and O–H groups in total. The number of hydrogen-bond donors (Lipinski definition) is 1. The van der Waals surface area contributed by atoms with Gasteiger partial charge in [-0.15, -0.1) is 0 Å².